The van der Waals surface area contributed by atoms with Crippen molar-refractivity contribution >= 4 is 22.6 Å². The van der Waals surface area contributed by atoms with E-state index < -0.39 is 0 Å². The molecule has 3 aromatic heterocycles. The van der Waals surface area contributed by atoms with Gasteiger partial charge in [-0.25, -0.2) is 9.97 Å². The number of carbonyl (C=O) groups excluding carboxylic acids is 1. The van der Waals surface area contributed by atoms with Crippen molar-refractivity contribution in [3.05, 3.63) is 30.5 Å². The minimum Gasteiger partial charge on any atom is -0.384 e. The van der Waals surface area contributed by atoms with Crippen LogP contribution in [-0.4, -0.2) is 57.0 Å². The van der Waals surface area contributed by atoms with Crippen molar-refractivity contribution in [2.24, 2.45) is 5.92 Å². The van der Waals surface area contributed by atoms with E-state index in [0.29, 0.717) is 25.5 Å². The number of nitrogens with one attached hydrogen (secondary N) is 1. The van der Waals surface area contributed by atoms with Crippen LogP contribution in [0, 0.1) is 5.92 Å². The number of likely N-dealkylation sites (tertiary alicyclic amines) is 1. The van der Waals surface area contributed by atoms with Crippen molar-refractivity contribution in [1.29, 1.82) is 0 Å². The number of piperidine rings is 1. The molecule has 4 rings (SSSR count). The lowest BCUT2D eigenvalue weighted by Crippen LogP contribution is -2.43. The molecule has 7 heteroatoms. The Morgan fingerprint density at radius 1 is 1.40 bits per heavy atom. The number of aromatic nitrogens is 4. The summed E-state index contributed by atoms with van der Waals surface area (Å²) in [6.45, 7) is 4.23. The molecule has 0 aromatic carbocycles. The number of fused-ring (bicyclic) bond motifs is 3. The van der Waals surface area contributed by atoms with Crippen molar-refractivity contribution in [1.82, 2.24) is 24.3 Å². The number of hydrogen-bond acceptors (Lipinski definition) is 4. The maximum absolute atomic E-state index is 12.4. The second-order valence-electron chi connectivity index (χ2n) is 6.80. The van der Waals surface area contributed by atoms with E-state index in [1.54, 1.807) is 7.11 Å². The van der Waals surface area contributed by atoms with Crippen molar-refractivity contribution in [2.45, 2.75) is 25.7 Å². The summed E-state index contributed by atoms with van der Waals surface area (Å²) in [5.41, 5.74) is 2.86. The fourth-order valence-electron chi connectivity index (χ4n) is 3.74. The van der Waals surface area contributed by atoms with Gasteiger partial charge < -0.3 is 14.6 Å². The Kier molecular flexibility index (Phi) is 4.17. The van der Waals surface area contributed by atoms with Gasteiger partial charge in [-0.1, -0.05) is 6.92 Å². The van der Waals surface area contributed by atoms with Crippen LogP contribution < -0.4 is 0 Å². The number of ether oxygens (including phenoxy) is 1. The van der Waals surface area contributed by atoms with Gasteiger partial charge in [0.05, 0.1) is 36.5 Å². The Morgan fingerprint density at radius 2 is 2.24 bits per heavy atom. The quantitative estimate of drug-likeness (QED) is 0.789. The van der Waals surface area contributed by atoms with E-state index in [9.17, 15) is 4.79 Å². The lowest BCUT2D eigenvalue weighted by atomic mass is 9.86. The van der Waals surface area contributed by atoms with Crippen LogP contribution >= 0.6 is 0 Å². The minimum atomic E-state index is 0.160. The molecule has 0 spiro atoms. The largest absolute Gasteiger partial charge is 0.384 e. The average molecular weight is 341 g/mol. The molecule has 4 heterocycles. The van der Waals surface area contributed by atoms with E-state index in [1.165, 1.54) is 0 Å². The van der Waals surface area contributed by atoms with Gasteiger partial charge in [-0.2, -0.15) is 0 Å². The SMILES string of the molecule is COCCC(=O)N1CC[C@@H](C)[C@@H](c2ncc3cnc4[nH]ccc4n23)C1. The first-order valence-corrected chi connectivity index (χ1v) is 8.75. The lowest BCUT2D eigenvalue weighted by Gasteiger charge is -2.36. The topological polar surface area (TPSA) is 75.5 Å². The van der Waals surface area contributed by atoms with Crippen LogP contribution in [0.1, 0.15) is 31.5 Å². The number of hydrogen-bond donors (Lipinski definition) is 1. The van der Waals surface area contributed by atoms with Gasteiger partial charge in [-0.3, -0.25) is 9.20 Å². The predicted molar refractivity (Wildman–Crippen MR) is 94.4 cm³/mol. The molecule has 7 nitrogen and oxygen atoms in total. The van der Waals surface area contributed by atoms with E-state index in [4.69, 9.17) is 9.72 Å². The van der Waals surface area contributed by atoms with Gasteiger partial charge in [-0.05, 0) is 18.4 Å². The fraction of sp³-hybridized carbons (Fsp3) is 0.500. The Hall–Kier alpha value is -2.41. The monoisotopic (exact) mass is 341 g/mol. The van der Waals surface area contributed by atoms with Gasteiger partial charge in [0.25, 0.3) is 0 Å². The maximum atomic E-state index is 12.4. The molecule has 1 saturated heterocycles. The summed E-state index contributed by atoms with van der Waals surface area (Å²) in [7, 11) is 1.63. The van der Waals surface area contributed by atoms with Crippen LogP contribution in [0.5, 0.6) is 0 Å². The molecular weight excluding hydrogens is 318 g/mol. The number of nitrogens with zero attached hydrogens (tertiary/aromatic N) is 4. The van der Waals surface area contributed by atoms with Crippen LogP contribution in [0.2, 0.25) is 0 Å². The molecule has 1 N–H and O–H groups in total. The maximum Gasteiger partial charge on any atom is 0.224 e. The first kappa shape index (κ1) is 16.1. The molecule has 132 valence electrons. The molecule has 1 aliphatic heterocycles. The van der Waals surface area contributed by atoms with E-state index >= 15 is 0 Å². The highest BCUT2D eigenvalue weighted by Gasteiger charge is 2.32. The number of methoxy groups -OCH3 is 1. The molecule has 0 aliphatic carbocycles. The third kappa shape index (κ3) is 2.78. The molecule has 1 amide bonds. The van der Waals surface area contributed by atoms with Gasteiger partial charge >= 0.3 is 0 Å². The van der Waals surface area contributed by atoms with Crippen LogP contribution in [0.15, 0.2) is 24.7 Å². The zero-order valence-electron chi connectivity index (χ0n) is 14.6. The highest BCUT2D eigenvalue weighted by Crippen LogP contribution is 2.33. The molecule has 1 aliphatic rings. The first-order chi connectivity index (χ1) is 12.2. The summed E-state index contributed by atoms with van der Waals surface area (Å²) in [6.07, 6.45) is 7.02. The van der Waals surface area contributed by atoms with Gasteiger partial charge in [0.1, 0.15) is 5.82 Å². The average Bonchev–Trinajstić information content (AvgIpc) is 3.25. The molecular formula is C18H23N5O2. The van der Waals surface area contributed by atoms with E-state index in [-0.39, 0.29) is 11.8 Å². The smallest absolute Gasteiger partial charge is 0.224 e. The number of carbonyl (C=O) groups is 1. The van der Waals surface area contributed by atoms with Crippen molar-refractivity contribution in [3.63, 3.8) is 0 Å². The van der Waals surface area contributed by atoms with E-state index in [0.717, 1.165) is 35.5 Å². The third-order valence-corrected chi connectivity index (χ3v) is 5.25. The number of amides is 1. The molecule has 0 saturated carbocycles. The highest BCUT2D eigenvalue weighted by atomic mass is 16.5. The number of H-pyrrole nitrogens is 1. The molecule has 1 fully saturated rings. The summed E-state index contributed by atoms with van der Waals surface area (Å²) in [6, 6.07) is 2.02. The van der Waals surface area contributed by atoms with Crippen molar-refractivity contribution in [3.8, 4) is 0 Å². The Morgan fingerprint density at radius 3 is 3.08 bits per heavy atom. The van der Waals surface area contributed by atoms with Crippen LogP contribution in [0.25, 0.3) is 16.7 Å². The molecule has 2 atom stereocenters. The Bertz CT molecular complexity index is 899. The van der Waals surface area contributed by atoms with Gasteiger partial charge in [-0.15, -0.1) is 0 Å². The summed E-state index contributed by atoms with van der Waals surface area (Å²) in [5, 5.41) is 0. The second-order valence-corrected chi connectivity index (χ2v) is 6.80. The van der Waals surface area contributed by atoms with Gasteiger partial charge in [0, 0.05) is 32.3 Å². The molecule has 25 heavy (non-hydrogen) atoms. The summed E-state index contributed by atoms with van der Waals surface area (Å²) in [4.78, 5) is 26.7. The van der Waals surface area contributed by atoms with Crippen molar-refractivity contribution < 1.29 is 9.53 Å². The zero-order valence-corrected chi connectivity index (χ0v) is 14.6. The summed E-state index contributed by atoms with van der Waals surface area (Å²) < 4.78 is 7.22. The number of rotatable bonds is 4. The Labute approximate surface area is 146 Å². The normalized spacial score (nSPS) is 21.3. The first-order valence-electron chi connectivity index (χ1n) is 8.75. The van der Waals surface area contributed by atoms with Crippen LogP contribution in [0.4, 0.5) is 0 Å². The van der Waals surface area contributed by atoms with Crippen molar-refractivity contribution in [2.75, 3.05) is 26.8 Å². The minimum absolute atomic E-state index is 0.160. The lowest BCUT2D eigenvalue weighted by molar-refractivity contribution is -0.133. The number of aromatic amines is 1. The predicted octanol–water partition coefficient (Wildman–Crippen LogP) is 2.20. The molecule has 0 bridgehead atoms. The second kappa shape index (κ2) is 6.48. The summed E-state index contributed by atoms with van der Waals surface area (Å²) in [5.74, 6) is 1.86. The standard InChI is InChI=1S/C18H23N5O2/c1-12-4-7-22(16(24)5-8-25-2)11-14(12)18-21-10-13-9-20-17-15(23(13)18)3-6-19-17/h3,6,9-10,12,14,19H,4-5,7-8,11H2,1-2H3/t12-,14+/m1/s1. The van der Waals surface area contributed by atoms with E-state index in [2.05, 4.69) is 21.3 Å². The Balaban J connectivity index is 1.69. The van der Waals surface area contributed by atoms with E-state index in [1.807, 2.05) is 29.6 Å². The van der Waals surface area contributed by atoms with Gasteiger partial charge in [0.2, 0.25) is 5.91 Å². The van der Waals surface area contributed by atoms with Gasteiger partial charge in [0.15, 0.2) is 5.65 Å². The third-order valence-electron chi connectivity index (χ3n) is 5.25. The molecule has 3 aromatic rings. The van der Waals surface area contributed by atoms with Crippen LogP contribution in [-0.2, 0) is 9.53 Å². The molecule has 0 radical (unpaired) electrons. The highest BCUT2D eigenvalue weighted by molar-refractivity contribution is 5.77. The molecule has 0 unspecified atom stereocenters. The number of imidazole rings is 1. The van der Waals surface area contributed by atoms with Crippen LogP contribution in [0.3, 0.4) is 0 Å². The fourth-order valence-corrected chi connectivity index (χ4v) is 3.74. The zero-order chi connectivity index (χ0) is 17.4. The summed E-state index contributed by atoms with van der Waals surface area (Å²) >= 11 is 0.